The molecule has 1 heteroatoms. The molecule has 47 valence electrons. The second-order valence-corrected chi connectivity index (χ2v) is 3.00. The van der Waals surface area contributed by atoms with Crippen molar-refractivity contribution < 1.29 is 0 Å². The molecule has 1 aliphatic rings. The Bertz CT molecular complexity index is 70.8. The minimum absolute atomic E-state index is 0.444. The van der Waals surface area contributed by atoms with Crippen molar-refractivity contribution in [3.05, 3.63) is 6.42 Å². The average molecular weight is 132 g/mol. The predicted molar refractivity (Wildman–Crippen MR) is 37.0 cm³/mol. The quantitative estimate of drug-likeness (QED) is 0.480. The topological polar surface area (TPSA) is 0 Å². The molecule has 0 bridgehead atoms. The number of alkyl halides is 1. The van der Waals surface area contributed by atoms with Crippen LogP contribution in [0.1, 0.15) is 26.2 Å². The molecule has 0 amide bonds. The van der Waals surface area contributed by atoms with Gasteiger partial charge in [0.25, 0.3) is 0 Å². The van der Waals surface area contributed by atoms with Gasteiger partial charge in [-0.2, -0.15) is 0 Å². The molecule has 0 aliphatic heterocycles. The molecule has 8 heavy (non-hydrogen) atoms. The van der Waals surface area contributed by atoms with Gasteiger partial charge in [0.05, 0.1) is 0 Å². The Morgan fingerprint density at radius 1 is 1.50 bits per heavy atom. The first-order chi connectivity index (χ1) is 3.84. The van der Waals surface area contributed by atoms with E-state index >= 15 is 0 Å². The van der Waals surface area contributed by atoms with Crippen LogP contribution in [0.25, 0.3) is 0 Å². The Morgan fingerprint density at radius 2 is 2.25 bits per heavy atom. The van der Waals surface area contributed by atoms with E-state index in [4.69, 9.17) is 11.6 Å². The third-order valence-electron chi connectivity index (χ3n) is 1.91. The fourth-order valence-electron chi connectivity index (χ4n) is 1.32. The van der Waals surface area contributed by atoms with Crippen LogP contribution < -0.4 is 0 Å². The summed E-state index contributed by atoms with van der Waals surface area (Å²) < 4.78 is 0. The van der Waals surface area contributed by atoms with Crippen molar-refractivity contribution in [2.75, 3.05) is 0 Å². The standard InChI is InChI=1S/C7H12Cl/c1-2-6-4-3-5-7(6)8/h2,6-7H,3-5H2,1H3. The zero-order valence-electron chi connectivity index (χ0n) is 5.23. The number of rotatable bonds is 1. The van der Waals surface area contributed by atoms with Crippen LogP contribution in [0.4, 0.5) is 0 Å². The number of hydrogen-bond donors (Lipinski definition) is 0. The van der Waals surface area contributed by atoms with E-state index < -0.39 is 0 Å². The molecule has 0 spiro atoms. The van der Waals surface area contributed by atoms with Gasteiger partial charge in [-0.05, 0) is 25.2 Å². The molecule has 0 aromatic heterocycles. The Balaban J connectivity index is 2.30. The summed E-state index contributed by atoms with van der Waals surface area (Å²) in [6.45, 7) is 2.10. The van der Waals surface area contributed by atoms with Crippen molar-refractivity contribution in [1.29, 1.82) is 0 Å². The summed E-state index contributed by atoms with van der Waals surface area (Å²) in [6.07, 6.45) is 6.08. The molecule has 1 aliphatic carbocycles. The molecule has 0 nitrogen and oxygen atoms in total. The highest BCUT2D eigenvalue weighted by Gasteiger charge is 2.22. The Labute approximate surface area is 56.2 Å². The fourth-order valence-corrected chi connectivity index (χ4v) is 1.74. The molecule has 0 aromatic carbocycles. The highest BCUT2D eigenvalue weighted by molar-refractivity contribution is 6.21. The van der Waals surface area contributed by atoms with Gasteiger partial charge in [-0.1, -0.05) is 13.3 Å². The third-order valence-corrected chi connectivity index (χ3v) is 2.45. The molecule has 0 heterocycles. The van der Waals surface area contributed by atoms with E-state index in [0.29, 0.717) is 11.3 Å². The number of halogens is 1. The minimum atomic E-state index is 0.444. The summed E-state index contributed by atoms with van der Waals surface area (Å²) in [7, 11) is 0. The smallest absolute Gasteiger partial charge is 0.0366 e. The molecular weight excluding hydrogens is 120 g/mol. The minimum Gasteiger partial charge on any atom is -0.123 e. The van der Waals surface area contributed by atoms with Crippen molar-refractivity contribution in [3.8, 4) is 0 Å². The van der Waals surface area contributed by atoms with Gasteiger partial charge in [-0.15, -0.1) is 11.6 Å². The Hall–Kier alpha value is 0.290. The highest BCUT2D eigenvalue weighted by Crippen LogP contribution is 2.31. The van der Waals surface area contributed by atoms with Crippen molar-refractivity contribution >= 4 is 11.6 Å². The maximum Gasteiger partial charge on any atom is 0.0366 e. The van der Waals surface area contributed by atoms with Crippen LogP contribution in [-0.4, -0.2) is 5.38 Å². The van der Waals surface area contributed by atoms with Crippen LogP contribution in [0.15, 0.2) is 0 Å². The maximum atomic E-state index is 5.95. The summed E-state index contributed by atoms with van der Waals surface area (Å²) in [4.78, 5) is 0. The summed E-state index contributed by atoms with van der Waals surface area (Å²) in [5, 5.41) is 0.444. The van der Waals surface area contributed by atoms with Crippen LogP contribution in [0, 0.1) is 12.3 Å². The maximum absolute atomic E-state index is 5.95. The van der Waals surface area contributed by atoms with E-state index in [1.54, 1.807) is 0 Å². The SMILES string of the molecule is C[CH]C1CCCC1Cl. The highest BCUT2D eigenvalue weighted by atomic mass is 35.5. The largest absolute Gasteiger partial charge is 0.123 e. The number of hydrogen-bond acceptors (Lipinski definition) is 0. The first-order valence-electron chi connectivity index (χ1n) is 3.28. The molecule has 2 atom stereocenters. The lowest BCUT2D eigenvalue weighted by atomic mass is 10.1. The van der Waals surface area contributed by atoms with Crippen molar-refractivity contribution in [2.45, 2.75) is 31.6 Å². The molecule has 1 saturated carbocycles. The molecule has 0 N–H and O–H groups in total. The van der Waals surface area contributed by atoms with E-state index in [-0.39, 0.29) is 0 Å². The lowest BCUT2D eigenvalue weighted by molar-refractivity contribution is 0.642. The molecule has 2 unspecified atom stereocenters. The van der Waals surface area contributed by atoms with Gasteiger partial charge < -0.3 is 0 Å². The molecular formula is C7H12Cl. The zero-order chi connectivity index (χ0) is 5.98. The first-order valence-corrected chi connectivity index (χ1v) is 3.72. The lowest BCUT2D eigenvalue weighted by Gasteiger charge is -2.07. The second kappa shape index (κ2) is 2.72. The van der Waals surface area contributed by atoms with E-state index in [1.165, 1.54) is 19.3 Å². The normalized spacial score (nSPS) is 38.2. The van der Waals surface area contributed by atoms with Gasteiger partial charge in [-0.3, -0.25) is 0 Å². The van der Waals surface area contributed by atoms with E-state index in [9.17, 15) is 0 Å². The van der Waals surface area contributed by atoms with Crippen LogP contribution in [-0.2, 0) is 0 Å². The summed E-state index contributed by atoms with van der Waals surface area (Å²) in [5.74, 6) is 0.705. The summed E-state index contributed by atoms with van der Waals surface area (Å²) >= 11 is 5.95. The molecule has 1 fully saturated rings. The van der Waals surface area contributed by atoms with Gasteiger partial charge in [0.2, 0.25) is 0 Å². The van der Waals surface area contributed by atoms with Crippen LogP contribution in [0.2, 0.25) is 0 Å². The second-order valence-electron chi connectivity index (χ2n) is 2.44. The summed E-state index contributed by atoms with van der Waals surface area (Å²) in [5.41, 5.74) is 0. The van der Waals surface area contributed by atoms with Crippen LogP contribution >= 0.6 is 11.6 Å². The fraction of sp³-hybridized carbons (Fsp3) is 0.857. The molecule has 1 rings (SSSR count). The van der Waals surface area contributed by atoms with Crippen molar-refractivity contribution in [2.24, 2.45) is 5.92 Å². The predicted octanol–water partition coefficient (Wildman–Crippen LogP) is 2.62. The molecule has 1 radical (unpaired) electrons. The lowest BCUT2D eigenvalue weighted by Crippen LogP contribution is -2.04. The van der Waals surface area contributed by atoms with Gasteiger partial charge in [0.15, 0.2) is 0 Å². The van der Waals surface area contributed by atoms with Gasteiger partial charge in [0, 0.05) is 5.38 Å². The third kappa shape index (κ3) is 1.17. The van der Waals surface area contributed by atoms with Gasteiger partial charge in [-0.25, -0.2) is 0 Å². The van der Waals surface area contributed by atoms with Crippen molar-refractivity contribution in [3.63, 3.8) is 0 Å². The zero-order valence-corrected chi connectivity index (χ0v) is 5.99. The molecule has 0 aromatic rings. The van der Waals surface area contributed by atoms with Crippen LogP contribution in [0.5, 0.6) is 0 Å². The first kappa shape index (κ1) is 6.41. The average Bonchev–Trinajstić information content (AvgIpc) is 2.14. The Morgan fingerprint density at radius 3 is 2.50 bits per heavy atom. The molecule has 0 saturated heterocycles. The van der Waals surface area contributed by atoms with E-state index in [0.717, 1.165) is 0 Å². The van der Waals surface area contributed by atoms with Gasteiger partial charge >= 0.3 is 0 Å². The van der Waals surface area contributed by atoms with Crippen molar-refractivity contribution in [1.82, 2.24) is 0 Å². The van der Waals surface area contributed by atoms with Gasteiger partial charge in [0.1, 0.15) is 0 Å². The summed E-state index contributed by atoms with van der Waals surface area (Å²) in [6, 6.07) is 0. The monoisotopic (exact) mass is 131 g/mol. The van der Waals surface area contributed by atoms with Crippen LogP contribution in [0.3, 0.4) is 0 Å². The van der Waals surface area contributed by atoms with E-state index in [2.05, 4.69) is 13.3 Å². The Kier molecular flexibility index (Phi) is 2.18. The van der Waals surface area contributed by atoms with E-state index in [1.807, 2.05) is 0 Å².